The van der Waals surface area contributed by atoms with Gasteiger partial charge in [0.05, 0.1) is 23.2 Å². The van der Waals surface area contributed by atoms with Gasteiger partial charge in [-0.15, -0.1) is 0 Å². The number of nitrogens with zero attached hydrogens (tertiary/aromatic N) is 1. The Kier molecular flexibility index (Phi) is 4.58. The maximum atomic E-state index is 11.7. The number of aliphatic hydroxyl groups excluding tert-OH is 1. The van der Waals surface area contributed by atoms with E-state index in [2.05, 4.69) is 4.98 Å². The Morgan fingerprint density at radius 2 is 1.89 bits per heavy atom. The van der Waals surface area contributed by atoms with E-state index in [0.717, 1.165) is 6.26 Å². The highest BCUT2D eigenvalue weighted by Gasteiger charge is 2.39. The van der Waals surface area contributed by atoms with Crippen molar-refractivity contribution in [1.82, 2.24) is 4.98 Å². The van der Waals surface area contributed by atoms with Crippen LogP contribution in [0.1, 0.15) is 39.4 Å². The molecule has 5 nitrogen and oxygen atoms in total. The molecular weight excluding hydrogens is 266 g/mol. The number of aliphatic hydroxyl groups is 1. The lowest BCUT2D eigenvalue weighted by atomic mass is 10.00. The van der Waals surface area contributed by atoms with E-state index >= 15 is 0 Å². The van der Waals surface area contributed by atoms with E-state index in [1.54, 1.807) is 6.07 Å². The fourth-order valence-corrected chi connectivity index (χ4v) is 2.07. The van der Waals surface area contributed by atoms with Gasteiger partial charge in [0.2, 0.25) is 0 Å². The summed E-state index contributed by atoms with van der Waals surface area (Å²) in [6.07, 6.45) is 2.91. The van der Waals surface area contributed by atoms with E-state index in [0.29, 0.717) is 11.3 Å². The molecule has 0 saturated carbocycles. The van der Waals surface area contributed by atoms with Gasteiger partial charge in [0.25, 0.3) is 0 Å². The van der Waals surface area contributed by atoms with Crippen LogP contribution in [0.15, 0.2) is 18.5 Å². The van der Waals surface area contributed by atoms with Crippen molar-refractivity contribution >= 4 is 9.84 Å². The molecule has 0 aromatic carbocycles. The number of aromatic nitrogens is 1. The number of hydrogen-bond donors (Lipinski definition) is 1. The molecule has 1 heterocycles. The highest BCUT2D eigenvalue weighted by atomic mass is 32.2. The summed E-state index contributed by atoms with van der Waals surface area (Å²) in [6.45, 7) is 6.74. The number of rotatable bonds is 5. The summed E-state index contributed by atoms with van der Waals surface area (Å²) in [7, 11) is -3.40. The minimum absolute atomic E-state index is 0.0166. The topological polar surface area (TPSA) is 76.5 Å². The molecule has 0 aliphatic rings. The molecule has 0 fully saturated rings. The number of pyridine rings is 1. The summed E-state index contributed by atoms with van der Waals surface area (Å²) in [5, 5.41) is 10.3. The average molecular weight is 287 g/mol. The Balaban J connectivity index is 3.10. The molecule has 0 spiro atoms. The van der Waals surface area contributed by atoms with Crippen LogP contribution in [-0.2, 0) is 9.84 Å². The molecule has 0 aliphatic carbocycles. The summed E-state index contributed by atoms with van der Waals surface area (Å²) < 4.78 is 27.6. The Bertz CT molecular complexity index is 537. The Morgan fingerprint density at radius 3 is 2.37 bits per heavy atom. The first-order valence-electron chi connectivity index (χ1n) is 6.05. The molecule has 19 heavy (non-hydrogen) atoms. The molecule has 0 bridgehead atoms. The highest BCUT2D eigenvalue weighted by Crippen LogP contribution is 2.32. The second-order valence-electron chi connectivity index (χ2n) is 5.40. The largest absolute Gasteiger partial charge is 0.489 e. The van der Waals surface area contributed by atoms with Crippen molar-refractivity contribution < 1.29 is 18.3 Å². The van der Waals surface area contributed by atoms with Crippen molar-refractivity contribution in [3.8, 4) is 5.75 Å². The highest BCUT2D eigenvalue weighted by molar-refractivity contribution is 7.92. The molecule has 0 amide bonds. The molecular formula is C13H21NO4S. The third-order valence-electron chi connectivity index (χ3n) is 3.04. The predicted octanol–water partition coefficient (Wildman–Crippen LogP) is 1.73. The summed E-state index contributed by atoms with van der Waals surface area (Å²) in [4.78, 5) is 3.97. The van der Waals surface area contributed by atoms with Gasteiger partial charge in [-0.2, -0.15) is 0 Å². The molecule has 1 atom stereocenters. The summed E-state index contributed by atoms with van der Waals surface area (Å²) in [6, 6.07) is 1.62. The van der Waals surface area contributed by atoms with Crippen LogP contribution in [0.4, 0.5) is 0 Å². The Labute approximate surface area is 114 Å². The van der Waals surface area contributed by atoms with Gasteiger partial charge in [0.15, 0.2) is 9.84 Å². The molecule has 108 valence electrons. The molecule has 1 unspecified atom stereocenters. The first-order valence-corrected chi connectivity index (χ1v) is 7.94. The third kappa shape index (κ3) is 3.67. The summed E-state index contributed by atoms with van der Waals surface area (Å²) in [5.41, 5.74) is 0.425. The van der Waals surface area contributed by atoms with Crippen LogP contribution in [0, 0.1) is 0 Å². The molecule has 0 radical (unpaired) electrons. The molecule has 1 N–H and O–H groups in total. The summed E-state index contributed by atoms with van der Waals surface area (Å²) in [5.74, 6) is 0.510. The standard InChI is InChI=1S/C13H21NO4S/c1-9(2)18-11-6-10(7-14-8-11)12(15)13(3,4)19(5,16)17/h6-9,12,15H,1-5H3. The van der Waals surface area contributed by atoms with Crippen LogP contribution < -0.4 is 4.74 Å². The van der Waals surface area contributed by atoms with Gasteiger partial charge in [-0.05, 0) is 33.8 Å². The normalized spacial score (nSPS) is 14.5. The Morgan fingerprint density at radius 1 is 1.32 bits per heavy atom. The molecule has 1 rings (SSSR count). The van der Waals surface area contributed by atoms with E-state index in [1.807, 2.05) is 13.8 Å². The van der Waals surface area contributed by atoms with Gasteiger partial charge in [0, 0.05) is 18.0 Å². The van der Waals surface area contributed by atoms with Crippen molar-refractivity contribution in [2.45, 2.75) is 44.6 Å². The first kappa shape index (κ1) is 15.9. The van der Waals surface area contributed by atoms with Crippen LogP contribution in [-0.4, -0.2) is 35.6 Å². The van der Waals surface area contributed by atoms with E-state index in [-0.39, 0.29) is 6.10 Å². The molecule has 1 aromatic rings. The monoisotopic (exact) mass is 287 g/mol. The molecule has 1 aromatic heterocycles. The smallest absolute Gasteiger partial charge is 0.155 e. The fraction of sp³-hybridized carbons (Fsp3) is 0.615. The van der Waals surface area contributed by atoms with Gasteiger partial charge < -0.3 is 9.84 Å². The number of ether oxygens (including phenoxy) is 1. The van der Waals surface area contributed by atoms with E-state index < -0.39 is 20.7 Å². The minimum atomic E-state index is -3.40. The van der Waals surface area contributed by atoms with Crippen molar-refractivity contribution in [2.75, 3.05) is 6.26 Å². The van der Waals surface area contributed by atoms with Gasteiger partial charge in [-0.1, -0.05) is 0 Å². The maximum Gasteiger partial charge on any atom is 0.155 e. The molecule has 6 heteroatoms. The zero-order chi connectivity index (χ0) is 14.8. The van der Waals surface area contributed by atoms with Crippen molar-refractivity contribution in [2.24, 2.45) is 0 Å². The van der Waals surface area contributed by atoms with E-state index in [1.165, 1.54) is 26.2 Å². The second-order valence-corrected chi connectivity index (χ2v) is 8.00. The van der Waals surface area contributed by atoms with Gasteiger partial charge in [0.1, 0.15) is 5.75 Å². The first-order chi connectivity index (χ1) is 8.55. The number of hydrogen-bond acceptors (Lipinski definition) is 5. The predicted molar refractivity (Wildman–Crippen MR) is 73.9 cm³/mol. The van der Waals surface area contributed by atoms with Gasteiger partial charge >= 0.3 is 0 Å². The SMILES string of the molecule is CC(C)Oc1cncc(C(O)C(C)(C)S(C)(=O)=O)c1. The lowest BCUT2D eigenvalue weighted by molar-refractivity contribution is 0.138. The maximum absolute atomic E-state index is 11.7. The summed E-state index contributed by atoms with van der Waals surface area (Å²) >= 11 is 0. The third-order valence-corrected chi connectivity index (χ3v) is 5.17. The van der Waals surface area contributed by atoms with Crippen molar-refractivity contribution in [1.29, 1.82) is 0 Å². The van der Waals surface area contributed by atoms with Crippen LogP contribution in [0.25, 0.3) is 0 Å². The fourth-order valence-electron chi connectivity index (χ4n) is 1.53. The minimum Gasteiger partial charge on any atom is -0.489 e. The molecule has 0 aliphatic heterocycles. The molecule has 0 saturated heterocycles. The van der Waals surface area contributed by atoms with Crippen molar-refractivity contribution in [3.63, 3.8) is 0 Å². The lowest BCUT2D eigenvalue weighted by Crippen LogP contribution is -2.37. The lowest BCUT2D eigenvalue weighted by Gasteiger charge is -2.28. The Hall–Kier alpha value is -1.14. The van der Waals surface area contributed by atoms with Crippen LogP contribution in [0.2, 0.25) is 0 Å². The van der Waals surface area contributed by atoms with Crippen molar-refractivity contribution in [3.05, 3.63) is 24.0 Å². The zero-order valence-corrected chi connectivity index (χ0v) is 12.7. The average Bonchev–Trinajstić information content (AvgIpc) is 2.25. The second kappa shape index (κ2) is 5.46. The van der Waals surface area contributed by atoms with Crippen LogP contribution in [0.3, 0.4) is 0 Å². The van der Waals surface area contributed by atoms with Gasteiger partial charge in [-0.3, -0.25) is 4.98 Å². The van der Waals surface area contributed by atoms with E-state index in [9.17, 15) is 13.5 Å². The van der Waals surface area contributed by atoms with Gasteiger partial charge in [-0.25, -0.2) is 8.42 Å². The quantitative estimate of drug-likeness (QED) is 0.892. The van der Waals surface area contributed by atoms with Crippen LogP contribution >= 0.6 is 0 Å². The van der Waals surface area contributed by atoms with E-state index in [4.69, 9.17) is 4.74 Å². The number of sulfone groups is 1. The zero-order valence-electron chi connectivity index (χ0n) is 11.9. The van der Waals surface area contributed by atoms with Crippen LogP contribution in [0.5, 0.6) is 5.75 Å².